The topological polar surface area (TPSA) is 88.3 Å². The molecule has 0 spiro atoms. The standard InChI is InChI=1S/C23H19F3N2O4/c1-2-19(29)20-22(32-12-13-6-4-3-5-7-13)21(30)16(11-27-20)23(31)28-10-15-17(25)8-14(24)9-18(15)26/h3-9,11H,2,10,12H2,1H3,(H,27,30)(H,28,31). The maximum Gasteiger partial charge on any atom is 0.257 e. The van der Waals surface area contributed by atoms with Crippen molar-refractivity contribution in [1.82, 2.24) is 10.3 Å². The first kappa shape index (κ1) is 22.8. The zero-order valence-corrected chi connectivity index (χ0v) is 17.0. The summed E-state index contributed by atoms with van der Waals surface area (Å²) in [4.78, 5) is 40.3. The number of aromatic amines is 1. The van der Waals surface area contributed by atoms with Crippen molar-refractivity contribution in [3.63, 3.8) is 0 Å². The summed E-state index contributed by atoms with van der Waals surface area (Å²) in [7, 11) is 0. The van der Waals surface area contributed by atoms with Gasteiger partial charge in [0.25, 0.3) is 5.91 Å². The summed E-state index contributed by atoms with van der Waals surface area (Å²) in [5, 5.41) is 2.22. The fourth-order valence-corrected chi connectivity index (χ4v) is 2.94. The van der Waals surface area contributed by atoms with Crippen LogP contribution in [0.5, 0.6) is 5.75 Å². The molecule has 6 nitrogen and oxygen atoms in total. The number of hydrogen-bond donors (Lipinski definition) is 2. The molecular weight excluding hydrogens is 425 g/mol. The van der Waals surface area contributed by atoms with Crippen molar-refractivity contribution >= 4 is 11.7 Å². The maximum absolute atomic E-state index is 13.8. The number of carbonyl (C=O) groups is 2. The summed E-state index contributed by atoms with van der Waals surface area (Å²) in [6.45, 7) is 0.963. The van der Waals surface area contributed by atoms with Crippen molar-refractivity contribution in [2.75, 3.05) is 0 Å². The molecular formula is C23H19F3N2O4. The molecule has 166 valence electrons. The predicted molar refractivity (Wildman–Crippen MR) is 110 cm³/mol. The van der Waals surface area contributed by atoms with Crippen LogP contribution in [0.4, 0.5) is 13.2 Å². The van der Waals surface area contributed by atoms with Crippen molar-refractivity contribution in [2.24, 2.45) is 0 Å². The largest absolute Gasteiger partial charge is 0.483 e. The first-order chi connectivity index (χ1) is 15.3. The highest BCUT2D eigenvalue weighted by atomic mass is 19.1. The van der Waals surface area contributed by atoms with Crippen LogP contribution in [0.3, 0.4) is 0 Å². The quantitative estimate of drug-likeness (QED) is 0.516. The van der Waals surface area contributed by atoms with Crippen LogP contribution >= 0.6 is 0 Å². The van der Waals surface area contributed by atoms with E-state index in [0.29, 0.717) is 12.1 Å². The van der Waals surface area contributed by atoms with E-state index in [2.05, 4.69) is 10.3 Å². The lowest BCUT2D eigenvalue weighted by atomic mass is 10.1. The maximum atomic E-state index is 13.8. The van der Waals surface area contributed by atoms with Crippen molar-refractivity contribution in [1.29, 1.82) is 0 Å². The van der Waals surface area contributed by atoms with E-state index < -0.39 is 52.2 Å². The van der Waals surface area contributed by atoms with Crippen LogP contribution in [0.15, 0.2) is 53.5 Å². The van der Waals surface area contributed by atoms with Gasteiger partial charge in [0.2, 0.25) is 5.43 Å². The minimum absolute atomic E-state index is 0.0228. The van der Waals surface area contributed by atoms with Gasteiger partial charge in [0.15, 0.2) is 11.5 Å². The van der Waals surface area contributed by atoms with Crippen LogP contribution in [0.2, 0.25) is 0 Å². The van der Waals surface area contributed by atoms with Gasteiger partial charge in [-0.15, -0.1) is 0 Å². The summed E-state index contributed by atoms with van der Waals surface area (Å²) < 4.78 is 46.2. The van der Waals surface area contributed by atoms with Gasteiger partial charge in [-0.05, 0) is 5.56 Å². The second kappa shape index (κ2) is 9.95. The first-order valence-corrected chi connectivity index (χ1v) is 9.69. The van der Waals surface area contributed by atoms with E-state index in [4.69, 9.17) is 4.74 Å². The number of ketones is 1. The van der Waals surface area contributed by atoms with E-state index in [1.165, 1.54) is 0 Å². The van der Waals surface area contributed by atoms with Crippen LogP contribution in [0.25, 0.3) is 0 Å². The second-order valence-corrected chi connectivity index (χ2v) is 6.82. The van der Waals surface area contributed by atoms with E-state index in [1.807, 2.05) is 0 Å². The van der Waals surface area contributed by atoms with Gasteiger partial charge in [0, 0.05) is 36.9 Å². The summed E-state index contributed by atoms with van der Waals surface area (Å²) >= 11 is 0. The molecule has 3 rings (SSSR count). The number of pyridine rings is 1. The first-order valence-electron chi connectivity index (χ1n) is 9.69. The number of benzene rings is 2. The van der Waals surface area contributed by atoms with Crippen molar-refractivity contribution < 1.29 is 27.5 Å². The highest BCUT2D eigenvalue weighted by Gasteiger charge is 2.22. The highest BCUT2D eigenvalue weighted by Crippen LogP contribution is 2.17. The van der Waals surface area contributed by atoms with Crippen LogP contribution in [-0.2, 0) is 13.2 Å². The predicted octanol–water partition coefficient (Wildman–Crippen LogP) is 3.89. The lowest BCUT2D eigenvalue weighted by Gasteiger charge is -2.12. The van der Waals surface area contributed by atoms with Gasteiger partial charge in [-0.25, -0.2) is 13.2 Å². The Kier molecular flexibility index (Phi) is 7.09. The van der Waals surface area contributed by atoms with Gasteiger partial charge in [-0.3, -0.25) is 14.4 Å². The molecule has 32 heavy (non-hydrogen) atoms. The summed E-state index contributed by atoms with van der Waals surface area (Å²) in [6, 6.07) is 9.85. The molecule has 0 bridgehead atoms. The highest BCUT2D eigenvalue weighted by molar-refractivity contribution is 5.99. The van der Waals surface area contributed by atoms with Crippen LogP contribution < -0.4 is 15.5 Å². The van der Waals surface area contributed by atoms with Gasteiger partial charge in [-0.2, -0.15) is 0 Å². The zero-order valence-electron chi connectivity index (χ0n) is 17.0. The molecule has 1 aromatic heterocycles. The monoisotopic (exact) mass is 444 g/mol. The molecule has 0 atom stereocenters. The number of aromatic nitrogens is 1. The fourth-order valence-electron chi connectivity index (χ4n) is 2.94. The molecule has 1 amide bonds. The number of carbonyl (C=O) groups excluding carboxylic acids is 2. The normalized spacial score (nSPS) is 10.6. The summed E-state index contributed by atoms with van der Waals surface area (Å²) in [5.41, 5.74) is -1.17. The van der Waals surface area contributed by atoms with E-state index in [1.54, 1.807) is 37.3 Å². The van der Waals surface area contributed by atoms with Crippen LogP contribution in [0, 0.1) is 17.5 Å². The average molecular weight is 444 g/mol. The Morgan fingerprint density at radius 3 is 2.34 bits per heavy atom. The van der Waals surface area contributed by atoms with E-state index in [9.17, 15) is 27.6 Å². The molecule has 0 aliphatic heterocycles. The fraction of sp³-hybridized carbons (Fsp3) is 0.174. The third kappa shape index (κ3) is 5.05. The molecule has 0 fully saturated rings. The molecule has 9 heteroatoms. The number of ether oxygens (including phenoxy) is 1. The smallest absolute Gasteiger partial charge is 0.257 e. The van der Waals surface area contributed by atoms with E-state index in [0.717, 1.165) is 11.8 Å². The minimum atomic E-state index is -1.17. The van der Waals surface area contributed by atoms with Crippen LogP contribution in [-0.4, -0.2) is 16.7 Å². The Hall–Kier alpha value is -3.88. The SMILES string of the molecule is CCC(=O)c1[nH]cc(C(=O)NCc2c(F)cc(F)cc2F)c(=O)c1OCc1ccccc1. The number of halogens is 3. The Bertz CT molecular complexity index is 1190. The Morgan fingerprint density at radius 2 is 1.72 bits per heavy atom. The van der Waals surface area contributed by atoms with Crippen LogP contribution in [0.1, 0.15) is 45.3 Å². The number of Topliss-reactive ketones (excluding diaryl/α,β-unsaturated/α-hetero) is 1. The van der Waals surface area contributed by atoms with Gasteiger partial charge in [-0.1, -0.05) is 37.3 Å². The second-order valence-electron chi connectivity index (χ2n) is 6.82. The Morgan fingerprint density at radius 1 is 1.06 bits per heavy atom. The Balaban J connectivity index is 1.87. The van der Waals surface area contributed by atoms with Crippen molar-refractivity contribution in [3.8, 4) is 5.75 Å². The molecule has 0 radical (unpaired) electrons. The van der Waals surface area contributed by atoms with Crippen molar-refractivity contribution in [2.45, 2.75) is 26.5 Å². The molecule has 0 unspecified atom stereocenters. The number of hydrogen-bond acceptors (Lipinski definition) is 4. The van der Waals surface area contributed by atoms with Gasteiger partial charge < -0.3 is 15.0 Å². The van der Waals surface area contributed by atoms with Gasteiger partial charge >= 0.3 is 0 Å². The molecule has 0 saturated heterocycles. The third-order valence-corrected chi connectivity index (χ3v) is 4.64. The molecule has 2 N–H and O–H groups in total. The Labute approximate surface area is 181 Å². The zero-order chi connectivity index (χ0) is 23.3. The lowest BCUT2D eigenvalue weighted by Crippen LogP contribution is -2.30. The van der Waals surface area contributed by atoms with E-state index in [-0.39, 0.29) is 24.5 Å². The average Bonchev–Trinajstić information content (AvgIpc) is 2.77. The molecule has 0 aliphatic rings. The van der Waals surface area contributed by atoms with Gasteiger partial charge in [0.05, 0.1) is 0 Å². The molecule has 0 aliphatic carbocycles. The number of nitrogens with one attached hydrogen (secondary N) is 2. The summed E-state index contributed by atoms with van der Waals surface area (Å²) in [6.07, 6.45) is 1.12. The lowest BCUT2D eigenvalue weighted by molar-refractivity contribution is 0.0941. The third-order valence-electron chi connectivity index (χ3n) is 4.64. The minimum Gasteiger partial charge on any atom is -0.483 e. The molecule has 0 saturated carbocycles. The molecule has 1 heterocycles. The molecule has 2 aromatic carbocycles. The number of amides is 1. The summed E-state index contributed by atoms with van der Waals surface area (Å²) in [5.74, 6) is -5.11. The van der Waals surface area contributed by atoms with Gasteiger partial charge in [0.1, 0.15) is 35.3 Å². The number of rotatable bonds is 8. The van der Waals surface area contributed by atoms with E-state index >= 15 is 0 Å². The number of H-pyrrole nitrogens is 1. The van der Waals surface area contributed by atoms with Crippen molar-refractivity contribution in [3.05, 3.63) is 98.7 Å². The molecule has 3 aromatic rings.